The topological polar surface area (TPSA) is 41.5 Å². The summed E-state index contributed by atoms with van der Waals surface area (Å²) < 4.78 is 6.22. The maximum atomic E-state index is 9.66. The van der Waals surface area contributed by atoms with E-state index in [0.29, 0.717) is 5.92 Å². The summed E-state index contributed by atoms with van der Waals surface area (Å²) in [5.74, 6) is 1.46. The van der Waals surface area contributed by atoms with Crippen LogP contribution in [0, 0.1) is 0 Å². The Morgan fingerprint density at radius 3 is 2.80 bits per heavy atom. The smallest absolute Gasteiger partial charge is 0.123 e. The Balaban J connectivity index is 2.05. The van der Waals surface area contributed by atoms with Crippen molar-refractivity contribution >= 4 is 0 Å². The fourth-order valence-electron chi connectivity index (χ4n) is 3.16. The first-order chi connectivity index (χ1) is 9.60. The molecule has 1 aliphatic carbocycles. The number of likely N-dealkylation sites (N-methyl/N-ethyl adjacent to an activating group) is 1. The third-order valence-electron chi connectivity index (χ3n) is 4.25. The second kappa shape index (κ2) is 6.59. The van der Waals surface area contributed by atoms with Crippen molar-refractivity contribution in [2.45, 2.75) is 57.6 Å². The van der Waals surface area contributed by atoms with Gasteiger partial charge in [0.15, 0.2) is 0 Å². The molecule has 1 aromatic carbocycles. The Hall–Kier alpha value is -1.06. The van der Waals surface area contributed by atoms with Crippen molar-refractivity contribution in [3.8, 4) is 5.75 Å². The Morgan fingerprint density at radius 2 is 2.15 bits per heavy atom. The zero-order chi connectivity index (χ0) is 14.6. The molecule has 0 bridgehead atoms. The van der Waals surface area contributed by atoms with Gasteiger partial charge in [-0.1, -0.05) is 39.0 Å². The zero-order valence-electron chi connectivity index (χ0n) is 12.9. The maximum Gasteiger partial charge on any atom is 0.123 e. The molecule has 0 amide bonds. The van der Waals surface area contributed by atoms with E-state index < -0.39 is 0 Å². The second-order valence-corrected chi connectivity index (χ2v) is 6.14. The number of benzene rings is 1. The number of ether oxygens (including phenoxy) is 1. The summed E-state index contributed by atoms with van der Waals surface area (Å²) in [4.78, 5) is 0. The average molecular weight is 277 g/mol. The molecular weight excluding hydrogens is 250 g/mol. The van der Waals surface area contributed by atoms with Gasteiger partial charge in [0.1, 0.15) is 11.9 Å². The van der Waals surface area contributed by atoms with Crippen LogP contribution in [-0.4, -0.2) is 29.9 Å². The van der Waals surface area contributed by atoms with Crippen molar-refractivity contribution < 1.29 is 9.84 Å². The molecule has 1 aromatic rings. The zero-order valence-corrected chi connectivity index (χ0v) is 12.9. The molecule has 2 N–H and O–H groups in total. The fourth-order valence-corrected chi connectivity index (χ4v) is 3.16. The number of nitrogens with one attached hydrogen (secondary N) is 1. The van der Waals surface area contributed by atoms with Crippen LogP contribution < -0.4 is 10.1 Å². The summed E-state index contributed by atoms with van der Waals surface area (Å²) in [5, 5.41) is 13.1. The molecule has 0 heterocycles. The van der Waals surface area contributed by atoms with Crippen LogP contribution in [0.15, 0.2) is 24.3 Å². The van der Waals surface area contributed by atoms with Crippen LogP contribution in [0.4, 0.5) is 0 Å². The summed E-state index contributed by atoms with van der Waals surface area (Å²) in [6.07, 6.45) is 3.05. The number of hydrogen-bond donors (Lipinski definition) is 2. The van der Waals surface area contributed by atoms with Gasteiger partial charge in [0.25, 0.3) is 0 Å². The lowest BCUT2D eigenvalue weighted by atomic mass is 9.99. The summed E-state index contributed by atoms with van der Waals surface area (Å²) in [7, 11) is 0. The van der Waals surface area contributed by atoms with Gasteiger partial charge in [-0.15, -0.1) is 0 Å². The molecule has 0 spiro atoms. The molecule has 2 unspecified atom stereocenters. The Kier molecular flexibility index (Phi) is 5.06. The molecule has 1 saturated carbocycles. The van der Waals surface area contributed by atoms with Crippen molar-refractivity contribution in [3.05, 3.63) is 29.8 Å². The highest BCUT2D eigenvalue weighted by Gasteiger charge is 2.39. The number of rotatable bonds is 6. The number of hydrogen-bond acceptors (Lipinski definition) is 3. The maximum absolute atomic E-state index is 9.66. The van der Waals surface area contributed by atoms with Crippen LogP contribution >= 0.6 is 0 Å². The van der Waals surface area contributed by atoms with Gasteiger partial charge in [-0.2, -0.15) is 0 Å². The molecule has 0 aromatic heterocycles. The highest BCUT2D eigenvalue weighted by atomic mass is 16.5. The minimum absolute atomic E-state index is 0.147. The van der Waals surface area contributed by atoms with Gasteiger partial charge in [-0.25, -0.2) is 0 Å². The number of para-hydroxylation sites is 1. The minimum atomic E-state index is -0.147. The predicted molar refractivity (Wildman–Crippen MR) is 82.3 cm³/mol. The molecule has 112 valence electrons. The van der Waals surface area contributed by atoms with Crippen molar-refractivity contribution in [2.75, 3.05) is 13.2 Å². The number of aliphatic hydroxyl groups is 1. The van der Waals surface area contributed by atoms with E-state index in [1.807, 2.05) is 6.07 Å². The van der Waals surface area contributed by atoms with Crippen LogP contribution in [0.25, 0.3) is 0 Å². The largest absolute Gasteiger partial charge is 0.490 e. The summed E-state index contributed by atoms with van der Waals surface area (Å²) in [5.41, 5.74) is 1.11. The normalized spacial score (nSPS) is 26.1. The molecule has 3 heteroatoms. The molecule has 0 saturated heterocycles. The average Bonchev–Trinajstić information content (AvgIpc) is 2.83. The molecule has 1 aliphatic rings. The highest BCUT2D eigenvalue weighted by molar-refractivity contribution is 5.35. The standard InChI is InChI=1S/C17H27NO2/c1-4-18-17(12-19)10-9-14(11-17)20-16-8-6-5-7-15(16)13(2)3/h5-8,13-14,18-19H,4,9-12H2,1-3H3. The summed E-state index contributed by atoms with van der Waals surface area (Å²) in [6.45, 7) is 7.53. The van der Waals surface area contributed by atoms with E-state index in [1.165, 1.54) is 5.56 Å². The molecule has 1 fully saturated rings. The van der Waals surface area contributed by atoms with E-state index >= 15 is 0 Å². The molecule has 0 radical (unpaired) electrons. The second-order valence-electron chi connectivity index (χ2n) is 6.14. The summed E-state index contributed by atoms with van der Waals surface area (Å²) in [6, 6.07) is 8.29. The molecule has 3 nitrogen and oxygen atoms in total. The van der Waals surface area contributed by atoms with Gasteiger partial charge >= 0.3 is 0 Å². The molecule has 2 atom stereocenters. The van der Waals surface area contributed by atoms with E-state index in [-0.39, 0.29) is 18.2 Å². The van der Waals surface area contributed by atoms with Gasteiger partial charge in [0, 0.05) is 12.0 Å². The van der Waals surface area contributed by atoms with Crippen molar-refractivity contribution in [1.29, 1.82) is 0 Å². The highest BCUT2D eigenvalue weighted by Crippen LogP contribution is 2.35. The summed E-state index contributed by atoms with van der Waals surface area (Å²) >= 11 is 0. The van der Waals surface area contributed by atoms with Gasteiger partial charge in [0.2, 0.25) is 0 Å². The van der Waals surface area contributed by atoms with Crippen LogP contribution in [0.5, 0.6) is 5.75 Å². The monoisotopic (exact) mass is 277 g/mol. The van der Waals surface area contributed by atoms with Crippen LogP contribution in [0.2, 0.25) is 0 Å². The van der Waals surface area contributed by atoms with Crippen molar-refractivity contribution in [2.24, 2.45) is 0 Å². The van der Waals surface area contributed by atoms with E-state index in [2.05, 4.69) is 44.3 Å². The first kappa shape index (κ1) is 15.3. The molecule has 0 aliphatic heterocycles. The lowest BCUT2D eigenvalue weighted by molar-refractivity contribution is 0.141. The van der Waals surface area contributed by atoms with Gasteiger partial charge in [-0.3, -0.25) is 0 Å². The van der Waals surface area contributed by atoms with Crippen LogP contribution in [0.1, 0.15) is 51.5 Å². The number of aliphatic hydroxyl groups excluding tert-OH is 1. The molecule has 2 rings (SSSR count). The predicted octanol–water partition coefficient (Wildman–Crippen LogP) is 3.08. The third-order valence-corrected chi connectivity index (χ3v) is 4.25. The van der Waals surface area contributed by atoms with E-state index in [9.17, 15) is 5.11 Å². The molecular formula is C17H27NO2. The Labute approximate surface area is 122 Å². The Morgan fingerprint density at radius 1 is 1.40 bits per heavy atom. The third kappa shape index (κ3) is 3.33. The van der Waals surface area contributed by atoms with E-state index in [4.69, 9.17) is 4.74 Å². The quantitative estimate of drug-likeness (QED) is 0.839. The van der Waals surface area contributed by atoms with Gasteiger partial charge < -0.3 is 15.2 Å². The van der Waals surface area contributed by atoms with Gasteiger partial charge in [-0.05, 0) is 36.9 Å². The van der Waals surface area contributed by atoms with E-state index in [1.54, 1.807) is 0 Å². The van der Waals surface area contributed by atoms with Crippen molar-refractivity contribution in [1.82, 2.24) is 5.32 Å². The lowest BCUT2D eigenvalue weighted by Gasteiger charge is -2.28. The fraction of sp³-hybridized carbons (Fsp3) is 0.647. The van der Waals surface area contributed by atoms with Crippen LogP contribution in [-0.2, 0) is 0 Å². The van der Waals surface area contributed by atoms with Gasteiger partial charge in [0.05, 0.1) is 6.61 Å². The Bertz CT molecular complexity index is 433. The first-order valence-electron chi connectivity index (χ1n) is 7.71. The van der Waals surface area contributed by atoms with E-state index in [0.717, 1.165) is 31.6 Å². The first-order valence-corrected chi connectivity index (χ1v) is 7.71. The van der Waals surface area contributed by atoms with Crippen LogP contribution in [0.3, 0.4) is 0 Å². The molecule has 20 heavy (non-hydrogen) atoms. The lowest BCUT2D eigenvalue weighted by Crippen LogP contribution is -2.46. The SMILES string of the molecule is CCNC1(CO)CCC(Oc2ccccc2C(C)C)C1. The van der Waals surface area contributed by atoms with Crippen molar-refractivity contribution in [3.63, 3.8) is 0 Å². The minimum Gasteiger partial charge on any atom is -0.490 e.